The molecule has 0 saturated carbocycles. The van der Waals surface area contributed by atoms with Crippen molar-refractivity contribution in [2.24, 2.45) is 0 Å². The Labute approximate surface area is 109 Å². The van der Waals surface area contributed by atoms with Gasteiger partial charge in [-0.1, -0.05) is 12.1 Å². The monoisotopic (exact) mass is 262 g/mol. The lowest BCUT2D eigenvalue weighted by Gasteiger charge is -2.22. The van der Waals surface area contributed by atoms with Gasteiger partial charge >= 0.3 is 5.97 Å². The molecule has 1 atom stereocenters. The molecule has 1 unspecified atom stereocenters. The van der Waals surface area contributed by atoms with E-state index >= 15 is 0 Å². The van der Waals surface area contributed by atoms with Gasteiger partial charge in [-0.05, 0) is 24.1 Å². The molecule has 0 spiro atoms. The van der Waals surface area contributed by atoms with Gasteiger partial charge in [0.1, 0.15) is 6.04 Å². The molecule has 0 aromatic heterocycles. The van der Waals surface area contributed by atoms with Crippen molar-refractivity contribution in [1.82, 2.24) is 5.32 Å². The van der Waals surface area contributed by atoms with E-state index in [0.717, 1.165) is 5.69 Å². The molecule has 19 heavy (non-hydrogen) atoms. The first-order valence-electron chi connectivity index (χ1n) is 5.95. The van der Waals surface area contributed by atoms with Crippen LogP contribution in [0.15, 0.2) is 24.3 Å². The zero-order valence-corrected chi connectivity index (χ0v) is 10.2. The van der Waals surface area contributed by atoms with Crippen molar-refractivity contribution >= 4 is 23.5 Å². The molecule has 2 amide bonds. The summed E-state index contributed by atoms with van der Waals surface area (Å²) in [6, 6.07) is 6.41. The molecule has 0 radical (unpaired) electrons. The number of carbonyl (C=O) groups excluding carboxylic acids is 2. The van der Waals surface area contributed by atoms with E-state index in [9.17, 15) is 14.4 Å². The van der Waals surface area contributed by atoms with Crippen molar-refractivity contribution in [2.45, 2.75) is 25.3 Å². The van der Waals surface area contributed by atoms with Gasteiger partial charge in [0, 0.05) is 12.1 Å². The highest BCUT2D eigenvalue weighted by atomic mass is 16.4. The molecule has 6 heteroatoms. The van der Waals surface area contributed by atoms with Crippen LogP contribution in [-0.2, 0) is 20.8 Å². The van der Waals surface area contributed by atoms with Crippen LogP contribution in [-0.4, -0.2) is 28.9 Å². The van der Waals surface area contributed by atoms with Crippen molar-refractivity contribution in [3.8, 4) is 0 Å². The van der Waals surface area contributed by atoms with Gasteiger partial charge in [0.15, 0.2) is 0 Å². The second kappa shape index (κ2) is 5.51. The molecule has 1 heterocycles. The molecular formula is C13H14N2O4. The van der Waals surface area contributed by atoms with Crippen LogP contribution in [0.4, 0.5) is 5.69 Å². The topological polar surface area (TPSA) is 95.5 Å². The van der Waals surface area contributed by atoms with Gasteiger partial charge in [0.05, 0.1) is 6.42 Å². The second-order valence-electron chi connectivity index (χ2n) is 4.42. The number of hydrogen-bond donors (Lipinski definition) is 3. The van der Waals surface area contributed by atoms with Crippen molar-refractivity contribution in [1.29, 1.82) is 0 Å². The van der Waals surface area contributed by atoms with Crippen molar-refractivity contribution in [3.05, 3.63) is 29.8 Å². The predicted molar refractivity (Wildman–Crippen MR) is 67.6 cm³/mol. The number of carboxylic acid groups (broad SMARTS) is 1. The molecule has 1 aliphatic rings. The molecule has 1 saturated heterocycles. The Hall–Kier alpha value is -2.37. The Morgan fingerprint density at radius 1 is 1.32 bits per heavy atom. The van der Waals surface area contributed by atoms with E-state index in [0.29, 0.717) is 18.4 Å². The van der Waals surface area contributed by atoms with E-state index in [1.54, 1.807) is 24.3 Å². The molecule has 3 N–H and O–H groups in total. The molecule has 1 aromatic rings. The van der Waals surface area contributed by atoms with E-state index in [1.165, 1.54) is 0 Å². The summed E-state index contributed by atoms with van der Waals surface area (Å²) in [4.78, 5) is 33.1. The summed E-state index contributed by atoms with van der Waals surface area (Å²) in [5, 5.41) is 13.9. The van der Waals surface area contributed by atoms with E-state index in [-0.39, 0.29) is 18.2 Å². The number of carboxylic acids is 1. The number of nitrogens with one attached hydrogen (secondary N) is 2. The van der Waals surface area contributed by atoms with E-state index in [2.05, 4.69) is 10.6 Å². The van der Waals surface area contributed by atoms with Gasteiger partial charge in [-0.3, -0.25) is 19.7 Å². The first-order chi connectivity index (χ1) is 9.04. The minimum absolute atomic E-state index is 0.0291. The molecule has 0 aliphatic carbocycles. The van der Waals surface area contributed by atoms with Crippen molar-refractivity contribution in [3.63, 3.8) is 0 Å². The fourth-order valence-corrected chi connectivity index (χ4v) is 1.93. The molecule has 6 nitrogen and oxygen atoms in total. The van der Waals surface area contributed by atoms with E-state index < -0.39 is 12.0 Å². The highest BCUT2D eigenvalue weighted by Crippen LogP contribution is 2.15. The maximum atomic E-state index is 11.5. The fourth-order valence-electron chi connectivity index (χ4n) is 1.93. The maximum absolute atomic E-state index is 11.5. The Kier molecular flexibility index (Phi) is 3.79. The Bertz CT molecular complexity index is 510. The van der Waals surface area contributed by atoms with Crippen molar-refractivity contribution < 1.29 is 19.5 Å². The number of carbonyl (C=O) groups is 3. The van der Waals surface area contributed by atoms with Gasteiger partial charge in [0.25, 0.3) is 0 Å². The van der Waals surface area contributed by atoms with Gasteiger partial charge in [-0.2, -0.15) is 0 Å². The number of anilines is 1. The van der Waals surface area contributed by atoms with Crippen LogP contribution in [0.1, 0.15) is 18.4 Å². The number of benzene rings is 1. The summed E-state index contributed by atoms with van der Waals surface area (Å²) in [5.41, 5.74) is 1.42. The van der Waals surface area contributed by atoms with Crippen LogP contribution < -0.4 is 10.6 Å². The van der Waals surface area contributed by atoms with E-state index in [1.807, 2.05) is 0 Å². The van der Waals surface area contributed by atoms with Gasteiger partial charge in [-0.15, -0.1) is 0 Å². The highest BCUT2D eigenvalue weighted by molar-refractivity contribution is 6.01. The molecule has 1 aromatic carbocycles. The fraction of sp³-hybridized carbons (Fsp3) is 0.308. The van der Waals surface area contributed by atoms with Crippen LogP contribution in [0.25, 0.3) is 0 Å². The normalized spacial score (nSPS) is 18.8. The average molecular weight is 262 g/mol. The number of rotatable bonds is 4. The largest absolute Gasteiger partial charge is 0.481 e. The number of amides is 2. The van der Waals surface area contributed by atoms with Gasteiger partial charge in [0.2, 0.25) is 11.8 Å². The van der Waals surface area contributed by atoms with Gasteiger partial charge < -0.3 is 10.4 Å². The zero-order chi connectivity index (χ0) is 13.8. The number of hydrogen-bond acceptors (Lipinski definition) is 4. The highest BCUT2D eigenvalue weighted by Gasteiger charge is 2.26. The maximum Gasteiger partial charge on any atom is 0.307 e. The first-order valence-corrected chi connectivity index (χ1v) is 5.95. The third-order valence-electron chi connectivity index (χ3n) is 2.89. The van der Waals surface area contributed by atoms with E-state index in [4.69, 9.17) is 5.11 Å². The third kappa shape index (κ3) is 3.54. The standard InChI is InChI=1S/C13H14N2O4/c16-11-6-5-10(13(19)15-11)14-9-3-1-8(2-4-9)7-12(17)18/h1-4,10,14H,5-7H2,(H,17,18)(H,15,16,19). The Balaban J connectivity index is 1.97. The quantitative estimate of drug-likeness (QED) is 0.688. The van der Waals surface area contributed by atoms with Crippen LogP contribution in [0.5, 0.6) is 0 Å². The van der Waals surface area contributed by atoms with Crippen LogP contribution in [0.3, 0.4) is 0 Å². The van der Waals surface area contributed by atoms with Crippen LogP contribution in [0.2, 0.25) is 0 Å². The molecule has 100 valence electrons. The zero-order valence-electron chi connectivity index (χ0n) is 10.2. The molecule has 1 fully saturated rings. The molecule has 1 aliphatic heterocycles. The number of piperidine rings is 1. The molecular weight excluding hydrogens is 248 g/mol. The minimum atomic E-state index is -0.883. The van der Waals surface area contributed by atoms with Crippen LogP contribution >= 0.6 is 0 Å². The van der Waals surface area contributed by atoms with Gasteiger partial charge in [-0.25, -0.2) is 0 Å². The Morgan fingerprint density at radius 2 is 2.00 bits per heavy atom. The smallest absolute Gasteiger partial charge is 0.307 e. The third-order valence-corrected chi connectivity index (χ3v) is 2.89. The number of aliphatic carboxylic acids is 1. The first kappa shape index (κ1) is 13.1. The SMILES string of the molecule is O=C(O)Cc1ccc(NC2CCC(=O)NC2=O)cc1. The second-order valence-corrected chi connectivity index (χ2v) is 4.42. The summed E-state index contributed by atoms with van der Waals surface area (Å²) in [5.74, 6) is -1.46. The summed E-state index contributed by atoms with van der Waals surface area (Å²) < 4.78 is 0. The average Bonchev–Trinajstić information content (AvgIpc) is 2.34. The number of imide groups is 1. The van der Waals surface area contributed by atoms with Crippen molar-refractivity contribution in [2.75, 3.05) is 5.32 Å². The summed E-state index contributed by atoms with van der Waals surface area (Å²) in [6.07, 6.45) is 0.751. The lowest BCUT2D eigenvalue weighted by Crippen LogP contribution is -2.47. The predicted octanol–water partition coefficient (Wildman–Crippen LogP) is 0.531. The lowest BCUT2D eigenvalue weighted by atomic mass is 10.1. The molecule has 0 bridgehead atoms. The molecule has 2 rings (SSSR count). The van der Waals surface area contributed by atoms with Crippen LogP contribution in [0, 0.1) is 0 Å². The summed E-state index contributed by atoms with van der Waals surface area (Å²) in [6.45, 7) is 0. The Morgan fingerprint density at radius 3 is 2.58 bits per heavy atom. The minimum Gasteiger partial charge on any atom is -0.481 e. The summed E-state index contributed by atoms with van der Waals surface area (Å²) in [7, 11) is 0. The lowest BCUT2D eigenvalue weighted by molar-refractivity contribution is -0.136. The summed E-state index contributed by atoms with van der Waals surface area (Å²) >= 11 is 0.